The number of ether oxygens (including phenoxy) is 1. The summed E-state index contributed by atoms with van der Waals surface area (Å²) in [6.07, 6.45) is 5.73. The molecule has 0 aliphatic heterocycles. The van der Waals surface area contributed by atoms with Crippen LogP contribution in [0.25, 0.3) is 17.1 Å². The van der Waals surface area contributed by atoms with Crippen molar-refractivity contribution in [3.63, 3.8) is 0 Å². The van der Waals surface area contributed by atoms with E-state index in [9.17, 15) is 4.79 Å². The number of carbonyl (C=O) groups excluding carboxylic acids is 1. The van der Waals surface area contributed by atoms with E-state index in [1.165, 1.54) is 31.0 Å². The molecule has 0 saturated heterocycles. The Bertz CT molecular complexity index is 1060. The molecule has 1 aromatic heterocycles. The summed E-state index contributed by atoms with van der Waals surface area (Å²) >= 11 is 7.52. The van der Waals surface area contributed by atoms with Crippen LogP contribution < -0.4 is 10.1 Å². The molecule has 4 rings (SSSR count). The van der Waals surface area contributed by atoms with Crippen molar-refractivity contribution in [3.8, 4) is 22.8 Å². The average molecular weight is 471 g/mol. The Morgan fingerprint density at radius 2 is 1.84 bits per heavy atom. The number of amides is 1. The molecule has 1 fully saturated rings. The Balaban J connectivity index is 1.65. The fraction of sp³-hybridized carbons (Fsp3) is 0.375. The van der Waals surface area contributed by atoms with Gasteiger partial charge in [0, 0.05) is 16.8 Å². The Morgan fingerprint density at radius 3 is 2.56 bits per heavy atom. The number of rotatable bonds is 7. The molecule has 0 bridgehead atoms. The molecule has 1 atom stereocenters. The SMILES string of the molecule is COc1ccccc1-c1nnc(SC(C)C(=O)NC2CCCCC2)n1-c1ccc(Cl)cc1. The highest BCUT2D eigenvalue weighted by Crippen LogP contribution is 2.34. The van der Waals surface area contributed by atoms with Crippen LogP contribution in [0.1, 0.15) is 39.0 Å². The van der Waals surface area contributed by atoms with Gasteiger partial charge in [0.15, 0.2) is 11.0 Å². The summed E-state index contributed by atoms with van der Waals surface area (Å²) in [6.45, 7) is 1.91. The number of methoxy groups -OCH3 is 1. The van der Waals surface area contributed by atoms with Crippen LogP contribution in [-0.2, 0) is 4.79 Å². The summed E-state index contributed by atoms with van der Waals surface area (Å²) in [5.74, 6) is 1.38. The van der Waals surface area contributed by atoms with E-state index in [0.29, 0.717) is 21.8 Å². The highest BCUT2D eigenvalue weighted by molar-refractivity contribution is 8.00. The molecular formula is C24H27ClN4O2S. The third kappa shape index (κ3) is 5.10. The average Bonchev–Trinajstić information content (AvgIpc) is 3.23. The summed E-state index contributed by atoms with van der Waals surface area (Å²) < 4.78 is 7.50. The van der Waals surface area contributed by atoms with Gasteiger partial charge in [-0.25, -0.2) is 0 Å². The van der Waals surface area contributed by atoms with Crippen LogP contribution in [0.5, 0.6) is 5.75 Å². The minimum absolute atomic E-state index is 0.0337. The number of aromatic nitrogens is 3. The highest BCUT2D eigenvalue weighted by Gasteiger charge is 2.25. The first-order chi connectivity index (χ1) is 15.6. The number of nitrogens with zero attached hydrogens (tertiary/aromatic N) is 3. The molecule has 0 radical (unpaired) electrons. The smallest absolute Gasteiger partial charge is 0.233 e. The van der Waals surface area contributed by atoms with Gasteiger partial charge in [0.1, 0.15) is 5.75 Å². The minimum atomic E-state index is -0.308. The van der Waals surface area contributed by atoms with E-state index >= 15 is 0 Å². The predicted molar refractivity (Wildman–Crippen MR) is 129 cm³/mol. The van der Waals surface area contributed by atoms with Gasteiger partial charge in [0.25, 0.3) is 0 Å². The number of carbonyl (C=O) groups is 1. The number of hydrogen-bond acceptors (Lipinski definition) is 5. The van der Waals surface area contributed by atoms with Crippen molar-refractivity contribution >= 4 is 29.3 Å². The number of benzene rings is 2. The van der Waals surface area contributed by atoms with Crippen molar-refractivity contribution in [2.45, 2.75) is 55.5 Å². The molecule has 168 valence electrons. The zero-order chi connectivity index (χ0) is 22.5. The van der Waals surface area contributed by atoms with Crippen LogP contribution in [0.2, 0.25) is 5.02 Å². The molecule has 1 aliphatic rings. The first-order valence-corrected chi connectivity index (χ1v) is 12.1. The number of para-hydroxylation sites is 1. The van der Waals surface area contributed by atoms with Crippen LogP contribution >= 0.6 is 23.4 Å². The van der Waals surface area contributed by atoms with Crippen molar-refractivity contribution in [1.29, 1.82) is 0 Å². The second-order valence-corrected chi connectivity index (χ2v) is 9.67. The van der Waals surface area contributed by atoms with Crippen molar-refractivity contribution in [2.75, 3.05) is 7.11 Å². The zero-order valence-corrected chi connectivity index (χ0v) is 19.8. The standard InChI is InChI=1S/C24H27ClN4O2S/c1-16(23(30)26-18-8-4-3-5-9-18)32-24-28-27-22(20-10-6-7-11-21(20)31-2)29(24)19-14-12-17(25)13-15-19/h6-7,10-16,18H,3-5,8-9H2,1-2H3,(H,26,30). The van der Waals surface area contributed by atoms with Crippen LogP contribution in [0.3, 0.4) is 0 Å². The molecule has 1 N–H and O–H groups in total. The van der Waals surface area contributed by atoms with E-state index in [0.717, 1.165) is 24.1 Å². The lowest BCUT2D eigenvalue weighted by atomic mass is 9.95. The van der Waals surface area contributed by atoms with Gasteiger partial charge >= 0.3 is 0 Å². The predicted octanol–water partition coefficient (Wildman–Crippen LogP) is 5.53. The van der Waals surface area contributed by atoms with E-state index in [4.69, 9.17) is 16.3 Å². The lowest BCUT2D eigenvalue weighted by Crippen LogP contribution is -2.40. The van der Waals surface area contributed by atoms with E-state index in [2.05, 4.69) is 15.5 Å². The Kier molecular flexibility index (Phi) is 7.37. The second-order valence-electron chi connectivity index (χ2n) is 7.92. The van der Waals surface area contributed by atoms with E-state index < -0.39 is 0 Å². The molecule has 2 aromatic carbocycles. The van der Waals surface area contributed by atoms with Gasteiger partial charge in [-0.05, 0) is 56.2 Å². The van der Waals surface area contributed by atoms with Crippen LogP contribution in [0, 0.1) is 0 Å². The molecule has 8 heteroatoms. The lowest BCUT2D eigenvalue weighted by Gasteiger charge is -2.24. The van der Waals surface area contributed by atoms with Gasteiger partial charge in [0.05, 0.1) is 17.9 Å². The Labute approximate surface area is 197 Å². The molecule has 6 nitrogen and oxygen atoms in total. The molecule has 1 amide bonds. The van der Waals surface area contributed by atoms with Crippen molar-refractivity contribution < 1.29 is 9.53 Å². The topological polar surface area (TPSA) is 69.0 Å². The fourth-order valence-electron chi connectivity index (χ4n) is 3.95. The molecule has 32 heavy (non-hydrogen) atoms. The first kappa shape index (κ1) is 22.7. The van der Waals surface area contributed by atoms with Crippen molar-refractivity contribution in [1.82, 2.24) is 20.1 Å². The minimum Gasteiger partial charge on any atom is -0.496 e. The molecule has 1 saturated carbocycles. The maximum atomic E-state index is 12.9. The third-order valence-electron chi connectivity index (χ3n) is 5.67. The quantitative estimate of drug-likeness (QED) is 0.460. The number of halogens is 1. The molecule has 1 unspecified atom stereocenters. The molecular weight excluding hydrogens is 444 g/mol. The Morgan fingerprint density at radius 1 is 1.12 bits per heavy atom. The zero-order valence-electron chi connectivity index (χ0n) is 18.3. The van der Waals surface area contributed by atoms with Gasteiger partial charge in [-0.3, -0.25) is 9.36 Å². The fourth-order valence-corrected chi connectivity index (χ4v) is 4.95. The van der Waals surface area contributed by atoms with Crippen LogP contribution in [0.15, 0.2) is 53.7 Å². The maximum Gasteiger partial charge on any atom is 0.233 e. The summed E-state index contributed by atoms with van der Waals surface area (Å²) in [6, 6.07) is 15.5. The summed E-state index contributed by atoms with van der Waals surface area (Å²) in [7, 11) is 1.63. The monoisotopic (exact) mass is 470 g/mol. The number of nitrogens with one attached hydrogen (secondary N) is 1. The molecule has 1 heterocycles. The van der Waals surface area contributed by atoms with Gasteiger partial charge in [-0.1, -0.05) is 54.8 Å². The highest BCUT2D eigenvalue weighted by atomic mass is 35.5. The van der Waals surface area contributed by atoms with Gasteiger partial charge in [0.2, 0.25) is 5.91 Å². The first-order valence-electron chi connectivity index (χ1n) is 10.9. The van der Waals surface area contributed by atoms with Gasteiger partial charge in [-0.2, -0.15) is 0 Å². The Hall–Kier alpha value is -2.51. The molecule has 0 spiro atoms. The molecule has 1 aliphatic carbocycles. The van der Waals surface area contributed by atoms with Gasteiger partial charge < -0.3 is 10.1 Å². The second kappa shape index (κ2) is 10.4. The largest absolute Gasteiger partial charge is 0.496 e. The number of hydrogen-bond donors (Lipinski definition) is 1. The van der Waals surface area contributed by atoms with E-state index in [1.807, 2.05) is 60.0 Å². The van der Waals surface area contributed by atoms with Gasteiger partial charge in [-0.15, -0.1) is 10.2 Å². The molecule has 3 aromatic rings. The number of thioether (sulfide) groups is 1. The summed E-state index contributed by atoms with van der Waals surface area (Å²) in [4.78, 5) is 12.9. The third-order valence-corrected chi connectivity index (χ3v) is 6.96. The lowest BCUT2D eigenvalue weighted by molar-refractivity contribution is -0.121. The van der Waals surface area contributed by atoms with Crippen molar-refractivity contribution in [3.05, 3.63) is 53.6 Å². The summed E-state index contributed by atoms with van der Waals surface area (Å²) in [5, 5.41) is 13.1. The van der Waals surface area contributed by atoms with Crippen LogP contribution in [-0.4, -0.2) is 39.1 Å². The van der Waals surface area contributed by atoms with Crippen molar-refractivity contribution in [2.24, 2.45) is 0 Å². The van der Waals surface area contributed by atoms with E-state index in [-0.39, 0.29) is 17.2 Å². The maximum absolute atomic E-state index is 12.9. The van der Waals surface area contributed by atoms with E-state index in [1.54, 1.807) is 7.11 Å². The van der Waals surface area contributed by atoms with Crippen LogP contribution in [0.4, 0.5) is 0 Å². The normalized spacial score (nSPS) is 15.3. The summed E-state index contributed by atoms with van der Waals surface area (Å²) in [5.41, 5.74) is 1.69.